The molecule has 0 radical (unpaired) electrons. The Balaban J connectivity index is 1.26. The summed E-state index contributed by atoms with van der Waals surface area (Å²) in [4.78, 5) is 24.9. The van der Waals surface area contributed by atoms with Gasteiger partial charge < -0.3 is 4.74 Å². The first kappa shape index (κ1) is 24.0. The van der Waals surface area contributed by atoms with Gasteiger partial charge in [-0.2, -0.15) is 0 Å². The van der Waals surface area contributed by atoms with Crippen molar-refractivity contribution in [3.63, 3.8) is 0 Å². The van der Waals surface area contributed by atoms with E-state index in [9.17, 15) is 9.59 Å². The standard InChI is InChI=1S/C28H42O3/c1-2-3-4-5-6-7-8-9-10-11-12-13-14-22-15-17-23(18-16-22)27(29)25-20-19-24-21-26(25)28(30)31-24/h15-18,24-26H,2-14,19-21H2,1H3. The van der Waals surface area contributed by atoms with Crippen molar-refractivity contribution in [1.82, 2.24) is 0 Å². The Labute approximate surface area is 189 Å². The van der Waals surface area contributed by atoms with Crippen molar-refractivity contribution in [1.29, 1.82) is 0 Å². The molecule has 0 amide bonds. The Morgan fingerprint density at radius 1 is 0.839 bits per heavy atom. The Morgan fingerprint density at radius 2 is 1.42 bits per heavy atom. The molecule has 3 rings (SSSR count). The zero-order valence-corrected chi connectivity index (χ0v) is 19.6. The van der Waals surface area contributed by atoms with Crippen LogP contribution in [0.4, 0.5) is 0 Å². The van der Waals surface area contributed by atoms with Gasteiger partial charge in [0.2, 0.25) is 0 Å². The average Bonchev–Trinajstić information content (AvgIpc) is 3.08. The SMILES string of the molecule is CCCCCCCCCCCCCCc1ccc(C(=O)C2CCC3CC2C(=O)O3)cc1. The highest BCUT2D eigenvalue weighted by Crippen LogP contribution is 2.40. The maximum absolute atomic E-state index is 12.9. The molecular formula is C28H42O3. The van der Waals surface area contributed by atoms with Crippen LogP contribution in [0.2, 0.25) is 0 Å². The molecule has 0 spiro atoms. The fraction of sp³-hybridized carbons (Fsp3) is 0.714. The number of carbonyl (C=O) groups excluding carboxylic acids is 2. The average molecular weight is 427 g/mol. The van der Waals surface area contributed by atoms with Gasteiger partial charge in [-0.15, -0.1) is 0 Å². The number of Topliss-reactive ketones (excluding diaryl/α,β-unsaturated/α-hetero) is 1. The molecule has 1 aliphatic heterocycles. The molecule has 172 valence electrons. The van der Waals surface area contributed by atoms with Crippen molar-refractivity contribution >= 4 is 11.8 Å². The van der Waals surface area contributed by atoms with Crippen molar-refractivity contribution in [3.8, 4) is 0 Å². The molecule has 0 N–H and O–H groups in total. The second-order valence-electron chi connectivity index (χ2n) is 9.79. The van der Waals surface area contributed by atoms with E-state index < -0.39 is 0 Å². The molecule has 1 aliphatic carbocycles. The topological polar surface area (TPSA) is 43.4 Å². The van der Waals surface area contributed by atoms with Crippen molar-refractivity contribution < 1.29 is 14.3 Å². The third kappa shape index (κ3) is 7.47. The van der Waals surface area contributed by atoms with Crippen LogP contribution in [0.1, 0.15) is 119 Å². The van der Waals surface area contributed by atoms with Crippen molar-refractivity contribution in [2.75, 3.05) is 0 Å². The number of unbranched alkanes of at least 4 members (excludes halogenated alkanes) is 11. The summed E-state index contributed by atoms with van der Waals surface area (Å²) < 4.78 is 5.34. The molecule has 1 heterocycles. The highest BCUT2D eigenvalue weighted by Gasteiger charge is 2.46. The summed E-state index contributed by atoms with van der Waals surface area (Å²) in [5.74, 6) is -0.441. The summed E-state index contributed by atoms with van der Waals surface area (Å²) in [7, 11) is 0. The molecule has 2 aliphatic rings. The van der Waals surface area contributed by atoms with Gasteiger partial charge in [-0.3, -0.25) is 9.59 Å². The third-order valence-corrected chi connectivity index (χ3v) is 7.28. The molecule has 2 bridgehead atoms. The normalized spacial score (nSPS) is 22.5. The fourth-order valence-corrected chi connectivity index (χ4v) is 5.28. The lowest BCUT2D eigenvalue weighted by Crippen LogP contribution is -2.29. The lowest BCUT2D eigenvalue weighted by molar-refractivity contribution is -0.143. The Kier molecular flexibility index (Phi) is 10.1. The molecule has 1 saturated heterocycles. The predicted octanol–water partition coefficient (Wildman–Crippen LogP) is 7.45. The summed E-state index contributed by atoms with van der Waals surface area (Å²) in [5.41, 5.74) is 2.06. The second-order valence-corrected chi connectivity index (χ2v) is 9.79. The zero-order chi connectivity index (χ0) is 21.9. The molecule has 2 fully saturated rings. The molecule has 1 aromatic rings. The fourth-order valence-electron chi connectivity index (χ4n) is 5.28. The molecule has 1 saturated carbocycles. The van der Waals surface area contributed by atoms with E-state index in [0.29, 0.717) is 0 Å². The third-order valence-electron chi connectivity index (χ3n) is 7.28. The number of rotatable bonds is 15. The molecule has 3 atom stereocenters. The highest BCUT2D eigenvalue weighted by molar-refractivity contribution is 6.00. The van der Waals surface area contributed by atoms with Crippen LogP contribution in [0.5, 0.6) is 0 Å². The number of fused-ring (bicyclic) bond motifs is 2. The van der Waals surface area contributed by atoms with Gasteiger partial charge >= 0.3 is 5.97 Å². The van der Waals surface area contributed by atoms with Gasteiger partial charge in [0.15, 0.2) is 5.78 Å². The van der Waals surface area contributed by atoms with E-state index in [4.69, 9.17) is 4.74 Å². The molecule has 3 nitrogen and oxygen atoms in total. The van der Waals surface area contributed by atoms with E-state index >= 15 is 0 Å². The molecule has 3 heteroatoms. The number of hydrogen-bond acceptors (Lipinski definition) is 3. The first-order valence-electron chi connectivity index (χ1n) is 13.0. The molecule has 3 unspecified atom stereocenters. The summed E-state index contributed by atoms with van der Waals surface area (Å²) in [6.07, 6.45) is 19.9. The van der Waals surface area contributed by atoms with Gasteiger partial charge in [0, 0.05) is 11.5 Å². The van der Waals surface area contributed by atoms with E-state index in [1.165, 1.54) is 82.6 Å². The van der Waals surface area contributed by atoms with Gasteiger partial charge in [-0.05, 0) is 37.7 Å². The number of aryl methyl sites for hydroxylation is 1. The smallest absolute Gasteiger partial charge is 0.310 e. The monoisotopic (exact) mass is 426 g/mol. The number of ketones is 1. The second kappa shape index (κ2) is 13.0. The number of ether oxygens (including phenoxy) is 1. The van der Waals surface area contributed by atoms with Crippen LogP contribution < -0.4 is 0 Å². The van der Waals surface area contributed by atoms with E-state index in [1.807, 2.05) is 12.1 Å². The van der Waals surface area contributed by atoms with Gasteiger partial charge in [0.05, 0.1) is 5.92 Å². The number of carbonyl (C=O) groups is 2. The first-order chi connectivity index (χ1) is 15.2. The summed E-state index contributed by atoms with van der Waals surface area (Å²) in [6.45, 7) is 2.27. The maximum Gasteiger partial charge on any atom is 0.310 e. The molecule has 1 aromatic carbocycles. The summed E-state index contributed by atoms with van der Waals surface area (Å²) in [5, 5.41) is 0. The van der Waals surface area contributed by atoms with E-state index in [1.54, 1.807) is 0 Å². The van der Waals surface area contributed by atoms with E-state index in [0.717, 1.165) is 31.2 Å². The highest BCUT2D eigenvalue weighted by atomic mass is 16.6. The minimum atomic E-state index is -0.216. The Bertz CT molecular complexity index is 678. The van der Waals surface area contributed by atoms with Gasteiger partial charge in [-0.1, -0.05) is 102 Å². The van der Waals surface area contributed by atoms with Gasteiger partial charge in [-0.25, -0.2) is 0 Å². The predicted molar refractivity (Wildman–Crippen MR) is 126 cm³/mol. The minimum absolute atomic E-state index is 0.0551. The van der Waals surface area contributed by atoms with Crippen LogP contribution in [-0.2, 0) is 16.0 Å². The number of hydrogen-bond donors (Lipinski definition) is 0. The van der Waals surface area contributed by atoms with Gasteiger partial charge in [0.1, 0.15) is 6.10 Å². The number of benzene rings is 1. The van der Waals surface area contributed by atoms with Crippen LogP contribution in [0.15, 0.2) is 24.3 Å². The maximum atomic E-state index is 12.9. The Morgan fingerprint density at radius 3 is 2.03 bits per heavy atom. The molecule has 31 heavy (non-hydrogen) atoms. The van der Waals surface area contributed by atoms with Crippen LogP contribution in [0.25, 0.3) is 0 Å². The van der Waals surface area contributed by atoms with E-state index in [2.05, 4.69) is 19.1 Å². The van der Waals surface area contributed by atoms with E-state index in [-0.39, 0.29) is 29.7 Å². The molecular weight excluding hydrogens is 384 g/mol. The summed E-state index contributed by atoms with van der Waals surface area (Å²) in [6, 6.07) is 8.13. The minimum Gasteiger partial charge on any atom is -0.462 e. The van der Waals surface area contributed by atoms with Gasteiger partial charge in [0.25, 0.3) is 0 Å². The number of esters is 1. The van der Waals surface area contributed by atoms with Crippen LogP contribution in [0.3, 0.4) is 0 Å². The first-order valence-corrected chi connectivity index (χ1v) is 13.0. The van der Waals surface area contributed by atoms with Crippen molar-refractivity contribution in [3.05, 3.63) is 35.4 Å². The van der Waals surface area contributed by atoms with Crippen LogP contribution in [-0.4, -0.2) is 17.9 Å². The molecule has 0 aromatic heterocycles. The van der Waals surface area contributed by atoms with Crippen molar-refractivity contribution in [2.45, 2.75) is 116 Å². The van der Waals surface area contributed by atoms with Crippen molar-refractivity contribution in [2.24, 2.45) is 11.8 Å². The van der Waals surface area contributed by atoms with Crippen LogP contribution >= 0.6 is 0 Å². The lowest BCUT2D eigenvalue weighted by atomic mass is 9.76. The Hall–Kier alpha value is -1.64. The largest absolute Gasteiger partial charge is 0.462 e. The lowest BCUT2D eigenvalue weighted by Gasteiger charge is -2.23. The quantitative estimate of drug-likeness (QED) is 0.166. The zero-order valence-electron chi connectivity index (χ0n) is 19.6. The summed E-state index contributed by atoms with van der Waals surface area (Å²) >= 11 is 0. The van der Waals surface area contributed by atoms with Crippen LogP contribution in [0, 0.1) is 11.8 Å².